The summed E-state index contributed by atoms with van der Waals surface area (Å²) in [4.78, 5) is 14.6. The molecule has 1 aromatic heterocycles. The third kappa shape index (κ3) is 3.18. The summed E-state index contributed by atoms with van der Waals surface area (Å²) in [6.07, 6.45) is 5.39. The van der Waals surface area contributed by atoms with Crippen LogP contribution in [0.15, 0.2) is 30.5 Å². The van der Waals surface area contributed by atoms with Crippen LogP contribution >= 0.6 is 0 Å². The lowest BCUT2D eigenvalue weighted by Gasteiger charge is -2.27. The number of aryl methyl sites for hydroxylation is 1. The molecule has 1 saturated carbocycles. The normalized spacial score (nSPS) is 24.6. The number of aromatic nitrogens is 1. The number of para-hydroxylation sites is 1. The van der Waals surface area contributed by atoms with Crippen molar-refractivity contribution in [2.45, 2.75) is 31.8 Å². The second kappa shape index (κ2) is 6.81. The van der Waals surface area contributed by atoms with Crippen LogP contribution in [0.5, 0.6) is 0 Å². The summed E-state index contributed by atoms with van der Waals surface area (Å²) >= 11 is 0. The molecule has 2 N–H and O–H groups in total. The van der Waals surface area contributed by atoms with Gasteiger partial charge in [0.1, 0.15) is 0 Å². The summed E-state index contributed by atoms with van der Waals surface area (Å²) in [5.74, 6) is 0.507. The average Bonchev–Trinajstić information content (AvgIpc) is 3.07. The van der Waals surface area contributed by atoms with Crippen molar-refractivity contribution in [1.29, 1.82) is 0 Å². The van der Waals surface area contributed by atoms with Crippen LogP contribution in [0.4, 0.5) is 0 Å². The number of rotatable bonds is 5. The van der Waals surface area contributed by atoms with Crippen LogP contribution in [0, 0.1) is 11.8 Å². The fourth-order valence-electron chi connectivity index (χ4n) is 4.20. The summed E-state index contributed by atoms with van der Waals surface area (Å²) in [5, 5.41) is 14.2. The number of carbonyl (C=O) groups excluding carboxylic acids is 1. The van der Waals surface area contributed by atoms with Gasteiger partial charge in [-0.15, -0.1) is 0 Å². The molecule has 1 amide bonds. The van der Waals surface area contributed by atoms with Crippen LogP contribution in [0.2, 0.25) is 0 Å². The molecule has 2 heterocycles. The van der Waals surface area contributed by atoms with E-state index in [0.717, 1.165) is 32.5 Å². The van der Waals surface area contributed by atoms with Crippen LogP contribution in [0.1, 0.15) is 24.8 Å². The van der Waals surface area contributed by atoms with Crippen molar-refractivity contribution in [2.75, 3.05) is 19.7 Å². The van der Waals surface area contributed by atoms with Crippen molar-refractivity contribution in [2.24, 2.45) is 18.9 Å². The molecule has 1 aliphatic carbocycles. The highest BCUT2D eigenvalue weighted by molar-refractivity contribution is 5.83. The number of nitrogens with zero attached hydrogens (tertiary/aromatic N) is 2. The van der Waals surface area contributed by atoms with Gasteiger partial charge in [0.25, 0.3) is 0 Å². The van der Waals surface area contributed by atoms with Crippen LogP contribution < -0.4 is 5.32 Å². The molecule has 5 heteroatoms. The molecule has 0 unspecified atom stereocenters. The van der Waals surface area contributed by atoms with E-state index in [9.17, 15) is 9.90 Å². The number of nitrogens with one attached hydrogen (secondary N) is 1. The Morgan fingerprint density at radius 3 is 2.80 bits per heavy atom. The van der Waals surface area contributed by atoms with Crippen LogP contribution in [-0.4, -0.2) is 46.2 Å². The van der Waals surface area contributed by atoms with Gasteiger partial charge in [-0.3, -0.25) is 9.69 Å². The highest BCUT2D eigenvalue weighted by Crippen LogP contribution is 2.28. The number of hydrogen-bond donors (Lipinski definition) is 2. The SMILES string of the molecule is Cn1cc(CN2C[C@@H](CO)[C@H](NC(=O)C3CCC3)C2)c2ccccc21. The molecular formula is C20H27N3O2. The van der Waals surface area contributed by atoms with E-state index >= 15 is 0 Å². The second-order valence-electron chi connectivity index (χ2n) is 7.66. The van der Waals surface area contributed by atoms with Crippen molar-refractivity contribution in [3.63, 3.8) is 0 Å². The Kier molecular flexibility index (Phi) is 4.52. The molecule has 2 fully saturated rings. The Hall–Kier alpha value is -1.85. The lowest BCUT2D eigenvalue weighted by Crippen LogP contribution is -2.45. The number of amides is 1. The maximum atomic E-state index is 12.3. The Labute approximate surface area is 148 Å². The van der Waals surface area contributed by atoms with Gasteiger partial charge in [0, 0.05) is 68.3 Å². The van der Waals surface area contributed by atoms with E-state index in [0.29, 0.717) is 0 Å². The molecule has 0 radical (unpaired) electrons. The zero-order chi connectivity index (χ0) is 17.4. The van der Waals surface area contributed by atoms with Gasteiger partial charge in [0.05, 0.1) is 0 Å². The fourth-order valence-corrected chi connectivity index (χ4v) is 4.20. The van der Waals surface area contributed by atoms with Crippen molar-refractivity contribution in [3.05, 3.63) is 36.0 Å². The zero-order valence-corrected chi connectivity index (χ0v) is 14.8. The monoisotopic (exact) mass is 341 g/mol. The van der Waals surface area contributed by atoms with E-state index in [-0.39, 0.29) is 30.4 Å². The molecule has 1 aliphatic heterocycles. The Bertz CT molecular complexity index is 765. The van der Waals surface area contributed by atoms with Crippen molar-refractivity contribution < 1.29 is 9.90 Å². The van der Waals surface area contributed by atoms with Crippen LogP contribution in [0.3, 0.4) is 0 Å². The molecule has 1 saturated heterocycles. The number of likely N-dealkylation sites (tertiary alicyclic amines) is 1. The maximum Gasteiger partial charge on any atom is 0.223 e. The zero-order valence-electron chi connectivity index (χ0n) is 14.8. The maximum absolute atomic E-state index is 12.3. The number of aliphatic hydroxyl groups is 1. The largest absolute Gasteiger partial charge is 0.396 e. The average molecular weight is 341 g/mol. The lowest BCUT2D eigenvalue weighted by atomic mass is 9.84. The number of hydrogen-bond acceptors (Lipinski definition) is 3. The van der Waals surface area contributed by atoms with Gasteiger partial charge < -0.3 is 15.0 Å². The summed E-state index contributed by atoms with van der Waals surface area (Å²) in [6.45, 7) is 2.62. The molecular weight excluding hydrogens is 314 g/mol. The molecule has 25 heavy (non-hydrogen) atoms. The molecule has 4 rings (SSSR count). The second-order valence-corrected chi connectivity index (χ2v) is 7.66. The first-order valence-electron chi connectivity index (χ1n) is 9.32. The summed E-state index contributed by atoms with van der Waals surface area (Å²) < 4.78 is 2.17. The third-order valence-electron chi connectivity index (χ3n) is 5.93. The Morgan fingerprint density at radius 1 is 1.28 bits per heavy atom. The predicted molar refractivity (Wildman–Crippen MR) is 98.0 cm³/mol. The molecule has 5 nitrogen and oxygen atoms in total. The van der Waals surface area contributed by atoms with E-state index in [2.05, 4.69) is 52.3 Å². The molecule has 2 atom stereocenters. The molecule has 134 valence electrons. The van der Waals surface area contributed by atoms with Crippen molar-refractivity contribution >= 4 is 16.8 Å². The highest BCUT2D eigenvalue weighted by Gasteiger charge is 2.35. The van der Waals surface area contributed by atoms with E-state index in [1.54, 1.807) is 0 Å². The molecule has 2 aromatic rings. The minimum absolute atomic E-state index is 0.0630. The van der Waals surface area contributed by atoms with Crippen LogP contribution in [-0.2, 0) is 18.4 Å². The third-order valence-corrected chi connectivity index (χ3v) is 5.93. The highest BCUT2D eigenvalue weighted by atomic mass is 16.3. The van der Waals surface area contributed by atoms with E-state index in [4.69, 9.17) is 0 Å². The number of benzene rings is 1. The van der Waals surface area contributed by atoms with E-state index in [1.807, 2.05) is 0 Å². The Morgan fingerprint density at radius 2 is 2.08 bits per heavy atom. The quantitative estimate of drug-likeness (QED) is 0.873. The molecule has 2 aliphatic rings. The van der Waals surface area contributed by atoms with Crippen LogP contribution in [0.25, 0.3) is 10.9 Å². The Balaban J connectivity index is 1.45. The smallest absolute Gasteiger partial charge is 0.223 e. The lowest BCUT2D eigenvalue weighted by molar-refractivity contribution is -0.128. The summed E-state index contributed by atoms with van der Waals surface area (Å²) in [6, 6.07) is 8.51. The fraction of sp³-hybridized carbons (Fsp3) is 0.550. The van der Waals surface area contributed by atoms with Crippen molar-refractivity contribution in [1.82, 2.24) is 14.8 Å². The van der Waals surface area contributed by atoms with E-state index in [1.165, 1.54) is 22.9 Å². The van der Waals surface area contributed by atoms with E-state index < -0.39 is 0 Å². The molecule has 0 spiro atoms. The van der Waals surface area contributed by atoms with Gasteiger partial charge in [-0.05, 0) is 24.5 Å². The predicted octanol–water partition coefficient (Wildman–Crippen LogP) is 1.89. The van der Waals surface area contributed by atoms with Gasteiger partial charge in [-0.2, -0.15) is 0 Å². The van der Waals surface area contributed by atoms with Gasteiger partial charge in [0.15, 0.2) is 0 Å². The van der Waals surface area contributed by atoms with Gasteiger partial charge in [-0.25, -0.2) is 0 Å². The number of aliphatic hydroxyl groups excluding tert-OH is 1. The topological polar surface area (TPSA) is 57.5 Å². The first-order chi connectivity index (χ1) is 12.2. The minimum atomic E-state index is 0.0630. The van der Waals surface area contributed by atoms with Gasteiger partial charge in [0.2, 0.25) is 5.91 Å². The summed E-state index contributed by atoms with van der Waals surface area (Å²) in [5.41, 5.74) is 2.55. The first kappa shape index (κ1) is 16.6. The molecule has 1 aromatic carbocycles. The van der Waals surface area contributed by atoms with Gasteiger partial charge in [-0.1, -0.05) is 24.6 Å². The van der Waals surface area contributed by atoms with Crippen molar-refractivity contribution in [3.8, 4) is 0 Å². The number of fused-ring (bicyclic) bond motifs is 1. The first-order valence-corrected chi connectivity index (χ1v) is 9.32. The van der Waals surface area contributed by atoms with Gasteiger partial charge >= 0.3 is 0 Å². The standard InChI is InChI=1S/C20H27N3O2/c1-22-9-15(17-7-2-3-8-19(17)22)10-23-11-16(13-24)18(12-23)21-20(25)14-5-4-6-14/h2-3,7-9,14,16,18,24H,4-6,10-13H2,1H3,(H,21,25)/t16-,18+/m0/s1. The number of carbonyl (C=O) groups is 1. The minimum Gasteiger partial charge on any atom is -0.396 e. The summed E-state index contributed by atoms with van der Waals surface area (Å²) in [7, 11) is 2.08. The molecule has 0 bridgehead atoms.